The maximum Gasteiger partial charge on any atom is 0.190 e. The van der Waals surface area contributed by atoms with Crippen molar-refractivity contribution in [1.82, 2.24) is 9.97 Å². The molecule has 2 rings (SSSR count). The van der Waals surface area contributed by atoms with E-state index in [1.807, 2.05) is 12.3 Å². The van der Waals surface area contributed by atoms with E-state index >= 15 is 0 Å². The normalized spacial score (nSPS) is 17.5. The zero-order valence-electron chi connectivity index (χ0n) is 10.0. The molecule has 1 aliphatic rings. The second-order valence-corrected chi connectivity index (χ2v) is 5.12. The lowest BCUT2D eigenvalue weighted by atomic mass is 10.1. The summed E-state index contributed by atoms with van der Waals surface area (Å²) in [6, 6.07) is 1.83. The highest BCUT2D eigenvalue weighted by atomic mass is 35.5. The second kappa shape index (κ2) is 5.89. The van der Waals surface area contributed by atoms with Crippen molar-refractivity contribution >= 4 is 29.2 Å². The van der Waals surface area contributed by atoms with Crippen LogP contribution in [0.25, 0.3) is 0 Å². The average Bonchev–Trinajstić information content (AvgIpc) is 2.38. The van der Waals surface area contributed by atoms with Crippen LogP contribution in [-0.2, 0) is 4.74 Å². The van der Waals surface area contributed by atoms with Crippen LogP contribution in [0.4, 0.5) is 5.82 Å². The fourth-order valence-corrected chi connectivity index (χ4v) is 2.56. The van der Waals surface area contributed by atoms with Gasteiger partial charge < -0.3 is 9.64 Å². The van der Waals surface area contributed by atoms with Crippen LogP contribution in [0.3, 0.4) is 0 Å². The molecular weight excluding hydrogens is 258 g/mol. The van der Waals surface area contributed by atoms with E-state index in [4.69, 9.17) is 16.3 Å². The number of methoxy groups -OCH3 is 1. The van der Waals surface area contributed by atoms with Crippen molar-refractivity contribution in [1.29, 1.82) is 0 Å². The lowest BCUT2D eigenvalue weighted by molar-refractivity contribution is 0.0818. The number of ether oxygens (including phenoxy) is 1. The van der Waals surface area contributed by atoms with Gasteiger partial charge in [-0.2, -0.15) is 0 Å². The molecule has 0 spiro atoms. The summed E-state index contributed by atoms with van der Waals surface area (Å²) in [5, 5.41) is 1.23. The monoisotopic (exact) mass is 273 g/mol. The van der Waals surface area contributed by atoms with E-state index in [1.54, 1.807) is 7.11 Å². The van der Waals surface area contributed by atoms with Crippen molar-refractivity contribution in [2.75, 3.05) is 31.4 Å². The van der Waals surface area contributed by atoms with Crippen molar-refractivity contribution < 1.29 is 4.74 Å². The van der Waals surface area contributed by atoms with Gasteiger partial charge in [0.1, 0.15) is 11.0 Å². The van der Waals surface area contributed by atoms with Crippen LogP contribution >= 0.6 is 23.4 Å². The maximum atomic E-state index is 5.99. The number of anilines is 1. The predicted octanol–water partition coefficient (Wildman–Crippen LogP) is 2.47. The Hall–Kier alpha value is -0.520. The molecule has 0 bridgehead atoms. The summed E-state index contributed by atoms with van der Waals surface area (Å²) < 4.78 is 5.35. The van der Waals surface area contributed by atoms with Gasteiger partial charge in [0.25, 0.3) is 0 Å². The quantitative estimate of drug-likeness (QED) is 0.481. The van der Waals surface area contributed by atoms with Crippen molar-refractivity contribution in [3.05, 3.63) is 11.2 Å². The van der Waals surface area contributed by atoms with Gasteiger partial charge in [0, 0.05) is 26.3 Å². The summed E-state index contributed by atoms with van der Waals surface area (Å²) >= 11 is 7.50. The topological polar surface area (TPSA) is 38.2 Å². The molecule has 4 nitrogen and oxygen atoms in total. The molecule has 1 aromatic rings. The number of nitrogens with zero attached hydrogens (tertiary/aromatic N) is 3. The minimum absolute atomic E-state index is 0.378. The van der Waals surface area contributed by atoms with Gasteiger partial charge in [0.05, 0.1) is 6.10 Å². The number of hydrogen-bond acceptors (Lipinski definition) is 5. The van der Waals surface area contributed by atoms with Crippen LogP contribution in [0, 0.1) is 0 Å². The molecule has 0 amide bonds. The lowest BCUT2D eigenvalue weighted by Gasteiger charge is -2.32. The van der Waals surface area contributed by atoms with E-state index in [-0.39, 0.29) is 0 Å². The van der Waals surface area contributed by atoms with E-state index < -0.39 is 0 Å². The van der Waals surface area contributed by atoms with Crippen LogP contribution in [0.5, 0.6) is 0 Å². The molecule has 2 heterocycles. The van der Waals surface area contributed by atoms with E-state index in [0.717, 1.165) is 36.9 Å². The number of rotatable bonds is 3. The molecule has 0 N–H and O–H groups in total. The summed E-state index contributed by atoms with van der Waals surface area (Å²) in [5.41, 5.74) is 0. The number of piperidine rings is 1. The third kappa shape index (κ3) is 3.24. The Balaban J connectivity index is 2.10. The van der Waals surface area contributed by atoms with Crippen LogP contribution < -0.4 is 4.90 Å². The first kappa shape index (κ1) is 12.9. The Bertz CT molecular complexity index is 383. The lowest BCUT2D eigenvalue weighted by Crippen LogP contribution is -2.37. The van der Waals surface area contributed by atoms with Gasteiger partial charge in [-0.05, 0) is 19.1 Å². The molecule has 1 aliphatic heterocycles. The first-order valence-electron chi connectivity index (χ1n) is 5.59. The predicted molar refractivity (Wildman–Crippen MR) is 71.1 cm³/mol. The van der Waals surface area contributed by atoms with Gasteiger partial charge in [-0.3, -0.25) is 0 Å². The van der Waals surface area contributed by atoms with E-state index in [1.165, 1.54) is 11.8 Å². The molecule has 6 heteroatoms. The highest BCUT2D eigenvalue weighted by Gasteiger charge is 2.20. The van der Waals surface area contributed by atoms with Crippen LogP contribution in [0.2, 0.25) is 5.15 Å². The molecule has 0 aliphatic carbocycles. The molecule has 94 valence electrons. The van der Waals surface area contributed by atoms with Gasteiger partial charge >= 0.3 is 0 Å². The summed E-state index contributed by atoms with van der Waals surface area (Å²) in [7, 11) is 1.77. The fraction of sp³-hybridized carbons (Fsp3) is 0.636. The zero-order valence-corrected chi connectivity index (χ0v) is 11.6. The van der Waals surface area contributed by atoms with Gasteiger partial charge in [-0.15, -0.1) is 0 Å². The van der Waals surface area contributed by atoms with Crippen molar-refractivity contribution in [2.24, 2.45) is 0 Å². The number of halogens is 1. The minimum Gasteiger partial charge on any atom is -0.381 e. The summed E-state index contributed by atoms with van der Waals surface area (Å²) in [5.74, 6) is 0.920. The Labute approximate surface area is 111 Å². The molecule has 1 aromatic heterocycles. The van der Waals surface area contributed by atoms with Crippen LogP contribution in [0.15, 0.2) is 11.2 Å². The number of thioether (sulfide) groups is 1. The van der Waals surface area contributed by atoms with Crippen molar-refractivity contribution in [2.45, 2.75) is 24.1 Å². The number of aromatic nitrogens is 2. The molecule has 17 heavy (non-hydrogen) atoms. The highest BCUT2D eigenvalue weighted by molar-refractivity contribution is 7.98. The highest BCUT2D eigenvalue weighted by Crippen LogP contribution is 2.23. The Morgan fingerprint density at radius 1 is 1.41 bits per heavy atom. The molecule has 0 aromatic carbocycles. The number of hydrogen-bond donors (Lipinski definition) is 0. The van der Waals surface area contributed by atoms with Gasteiger partial charge in [-0.1, -0.05) is 23.4 Å². The summed E-state index contributed by atoms with van der Waals surface area (Å²) in [6.07, 6.45) is 4.40. The molecule has 0 saturated carbocycles. The van der Waals surface area contributed by atoms with Gasteiger partial charge in [0.2, 0.25) is 0 Å². The standard InChI is InChI=1S/C11H16ClN3OS/c1-16-8-3-5-15(6-4-8)10-7-9(12)13-11(14-10)17-2/h7-8H,3-6H2,1-2H3. The van der Waals surface area contributed by atoms with E-state index in [9.17, 15) is 0 Å². The minimum atomic E-state index is 0.378. The maximum absolute atomic E-state index is 5.99. The molecule has 0 unspecified atom stereocenters. The molecule has 0 radical (unpaired) electrons. The summed E-state index contributed by atoms with van der Waals surface area (Å²) in [4.78, 5) is 10.9. The van der Waals surface area contributed by atoms with Crippen LogP contribution in [-0.4, -0.2) is 42.5 Å². The first-order chi connectivity index (χ1) is 8.22. The largest absolute Gasteiger partial charge is 0.381 e. The zero-order chi connectivity index (χ0) is 12.3. The van der Waals surface area contributed by atoms with E-state index in [2.05, 4.69) is 14.9 Å². The van der Waals surface area contributed by atoms with E-state index in [0.29, 0.717) is 11.3 Å². The third-order valence-corrected chi connectivity index (χ3v) is 3.68. The SMILES string of the molecule is COC1CCN(c2cc(Cl)nc(SC)n2)CC1. The second-order valence-electron chi connectivity index (χ2n) is 3.96. The fourth-order valence-electron chi connectivity index (χ4n) is 1.96. The van der Waals surface area contributed by atoms with Crippen molar-refractivity contribution in [3.63, 3.8) is 0 Å². The molecule has 0 atom stereocenters. The Morgan fingerprint density at radius 2 is 2.12 bits per heavy atom. The summed E-state index contributed by atoms with van der Waals surface area (Å²) in [6.45, 7) is 1.92. The Morgan fingerprint density at radius 3 is 2.71 bits per heavy atom. The molecular formula is C11H16ClN3OS. The molecule has 1 fully saturated rings. The average molecular weight is 274 g/mol. The Kier molecular flexibility index (Phi) is 4.48. The van der Waals surface area contributed by atoms with Crippen LogP contribution in [0.1, 0.15) is 12.8 Å². The molecule has 1 saturated heterocycles. The van der Waals surface area contributed by atoms with Gasteiger partial charge in [0.15, 0.2) is 5.16 Å². The van der Waals surface area contributed by atoms with Crippen molar-refractivity contribution in [3.8, 4) is 0 Å². The smallest absolute Gasteiger partial charge is 0.190 e. The van der Waals surface area contributed by atoms with Gasteiger partial charge in [-0.25, -0.2) is 9.97 Å². The first-order valence-corrected chi connectivity index (χ1v) is 7.19. The third-order valence-electron chi connectivity index (χ3n) is 2.94.